The van der Waals surface area contributed by atoms with Crippen molar-refractivity contribution in [2.75, 3.05) is 7.11 Å². The minimum Gasteiger partial charge on any atom is -0.493 e. The van der Waals surface area contributed by atoms with Crippen LogP contribution in [0.5, 0.6) is 11.5 Å². The first kappa shape index (κ1) is 20.2. The van der Waals surface area contributed by atoms with Crippen LogP contribution in [-0.4, -0.2) is 7.11 Å². The highest BCUT2D eigenvalue weighted by molar-refractivity contribution is 6.32. The van der Waals surface area contributed by atoms with Crippen LogP contribution in [0.2, 0.25) is 5.02 Å². The molecule has 0 spiro atoms. The van der Waals surface area contributed by atoms with Crippen molar-refractivity contribution in [1.82, 2.24) is 5.32 Å². The molecule has 3 rings (SSSR count). The van der Waals surface area contributed by atoms with Crippen molar-refractivity contribution in [2.45, 2.75) is 26.1 Å². The summed E-state index contributed by atoms with van der Waals surface area (Å²) in [5.41, 5.74) is 2.65. The highest BCUT2D eigenvalue weighted by Gasteiger charge is 2.14. The van der Waals surface area contributed by atoms with E-state index in [0.29, 0.717) is 28.6 Å². The summed E-state index contributed by atoms with van der Waals surface area (Å²) in [6, 6.07) is 20.6. The normalized spacial score (nSPS) is 11.9. The van der Waals surface area contributed by atoms with Crippen molar-refractivity contribution in [3.8, 4) is 11.5 Å². The molecule has 3 nitrogen and oxygen atoms in total. The summed E-state index contributed by atoms with van der Waals surface area (Å²) in [6.07, 6.45) is 0. The third-order valence-electron chi connectivity index (χ3n) is 4.53. The molecule has 0 heterocycles. The van der Waals surface area contributed by atoms with E-state index in [-0.39, 0.29) is 18.5 Å². The van der Waals surface area contributed by atoms with Gasteiger partial charge in [-0.15, -0.1) is 0 Å². The standard InChI is InChI=1S/C23H23ClFNO2/c1-16(18-8-4-3-5-9-18)26-14-17-12-20(24)23(22(13-17)27-2)28-15-19-10-6-7-11-21(19)25/h3-13,16,26H,14-15H2,1-2H3/t16-/m0/s1. The van der Waals surface area contributed by atoms with E-state index in [1.807, 2.05) is 30.3 Å². The van der Waals surface area contributed by atoms with Crippen molar-refractivity contribution in [2.24, 2.45) is 0 Å². The Hall–Kier alpha value is -2.56. The maximum atomic E-state index is 13.8. The van der Waals surface area contributed by atoms with Gasteiger partial charge in [0, 0.05) is 18.2 Å². The van der Waals surface area contributed by atoms with Gasteiger partial charge >= 0.3 is 0 Å². The summed E-state index contributed by atoms with van der Waals surface area (Å²) in [7, 11) is 1.56. The molecule has 0 fully saturated rings. The lowest BCUT2D eigenvalue weighted by Gasteiger charge is -2.17. The van der Waals surface area contributed by atoms with Gasteiger partial charge in [0.25, 0.3) is 0 Å². The number of halogens is 2. The molecule has 3 aromatic carbocycles. The average Bonchev–Trinajstić information content (AvgIpc) is 2.72. The van der Waals surface area contributed by atoms with Crippen molar-refractivity contribution >= 4 is 11.6 Å². The van der Waals surface area contributed by atoms with Crippen molar-refractivity contribution < 1.29 is 13.9 Å². The van der Waals surface area contributed by atoms with Crippen molar-refractivity contribution in [3.05, 3.63) is 94.3 Å². The van der Waals surface area contributed by atoms with Gasteiger partial charge in [0.05, 0.1) is 12.1 Å². The van der Waals surface area contributed by atoms with Gasteiger partial charge < -0.3 is 14.8 Å². The molecule has 0 aliphatic heterocycles. The molecular formula is C23H23ClFNO2. The van der Waals surface area contributed by atoms with Gasteiger partial charge in [-0.25, -0.2) is 4.39 Å². The number of hydrogen-bond acceptors (Lipinski definition) is 3. The summed E-state index contributed by atoms with van der Waals surface area (Å²) < 4.78 is 25.0. The molecule has 0 unspecified atom stereocenters. The van der Waals surface area contributed by atoms with E-state index >= 15 is 0 Å². The molecule has 146 valence electrons. The quantitative estimate of drug-likeness (QED) is 0.510. The summed E-state index contributed by atoms with van der Waals surface area (Å²) >= 11 is 6.43. The third-order valence-corrected chi connectivity index (χ3v) is 4.81. The zero-order valence-electron chi connectivity index (χ0n) is 15.9. The molecule has 1 N–H and O–H groups in total. The van der Waals surface area contributed by atoms with Crippen LogP contribution >= 0.6 is 11.6 Å². The maximum Gasteiger partial charge on any atom is 0.180 e. The van der Waals surface area contributed by atoms with Gasteiger partial charge in [-0.2, -0.15) is 0 Å². The van der Waals surface area contributed by atoms with Gasteiger partial charge in [0.2, 0.25) is 0 Å². The van der Waals surface area contributed by atoms with Crippen molar-refractivity contribution in [3.63, 3.8) is 0 Å². The lowest BCUT2D eigenvalue weighted by atomic mass is 10.1. The second-order valence-electron chi connectivity index (χ2n) is 6.50. The Labute approximate surface area is 170 Å². The summed E-state index contributed by atoms with van der Waals surface area (Å²) in [5, 5.41) is 3.90. The molecule has 0 saturated carbocycles. The predicted octanol–water partition coefficient (Wildman–Crippen LogP) is 5.92. The Morgan fingerprint density at radius 1 is 1.04 bits per heavy atom. The lowest BCUT2D eigenvalue weighted by Crippen LogP contribution is -2.18. The highest BCUT2D eigenvalue weighted by atomic mass is 35.5. The SMILES string of the molecule is COc1cc(CN[C@@H](C)c2ccccc2)cc(Cl)c1OCc1ccccc1F. The van der Waals surface area contributed by atoms with Crippen LogP contribution in [0.4, 0.5) is 4.39 Å². The molecule has 0 amide bonds. The minimum absolute atomic E-state index is 0.0748. The number of methoxy groups -OCH3 is 1. The zero-order chi connectivity index (χ0) is 19.9. The molecule has 28 heavy (non-hydrogen) atoms. The Kier molecular flexibility index (Phi) is 6.90. The minimum atomic E-state index is -0.312. The first-order valence-corrected chi connectivity index (χ1v) is 9.47. The van der Waals surface area contributed by atoms with Crippen LogP contribution in [0.25, 0.3) is 0 Å². The lowest BCUT2D eigenvalue weighted by molar-refractivity contribution is 0.279. The molecule has 3 aromatic rings. The molecule has 0 radical (unpaired) electrons. The number of hydrogen-bond donors (Lipinski definition) is 1. The topological polar surface area (TPSA) is 30.5 Å². The summed E-state index contributed by atoms with van der Waals surface area (Å²) in [4.78, 5) is 0. The Morgan fingerprint density at radius 3 is 2.46 bits per heavy atom. The first-order chi connectivity index (χ1) is 13.6. The zero-order valence-corrected chi connectivity index (χ0v) is 16.7. The van der Waals surface area contributed by atoms with E-state index in [0.717, 1.165) is 5.56 Å². The maximum absolute atomic E-state index is 13.8. The van der Waals surface area contributed by atoms with Gasteiger partial charge in [0.15, 0.2) is 11.5 Å². The molecular weight excluding hydrogens is 377 g/mol. The molecule has 0 aliphatic rings. The van der Waals surface area contributed by atoms with E-state index in [4.69, 9.17) is 21.1 Å². The van der Waals surface area contributed by atoms with Crippen LogP contribution in [0.1, 0.15) is 29.7 Å². The van der Waals surface area contributed by atoms with E-state index in [1.54, 1.807) is 25.3 Å². The van der Waals surface area contributed by atoms with Gasteiger partial charge in [-0.3, -0.25) is 0 Å². The van der Waals surface area contributed by atoms with Crippen molar-refractivity contribution in [1.29, 1.82) is 0 Å². The predicted molar refractivity (Wildman–Crippen MR) is 110 cm³/mol. The fourth-order valence-electron chi connectivity index (χ4n) is 2.91. The Morgan fingerprint density at radius 2 is 1.75 bits per heavy atom. The Bertz CT molecular complexity index is 918. The molecule has 1 atom stereocenters. The van der Waals surface area contributed by atoms with Crippen LogP contribution in [-0.2, 0) is 13.2 Å². The fraction of sp³-hybridized carbons (Fsp3) is 0.217. The van der Waals surface area contributed by atoms with E-state index < -0.39 is 0 Å². The average molecular weight is 400 g/mol. The smallest absolute Gasteiger partial charge is 0.180 e. The molecule has 0 bridgehead atoms. The molecule has 0 aromatic heterocycles. The van der Waals surface area contributed by atoms with Gasteiger partial charge in [0.1, 0.15) is 12.4 Å². The Balaban J connectivity index is 1.69. The van der Waals surface area contributed by atoms with E-state index in [9.17, 15) is 4.39 Å². The van der Waals surface area contributed by atoms with Crippen LogP contribution in [0.3, 0.4) is 0 Å². The van der Waals surface area contributed by atoms with E-state index in [1.165, 1.54) is 11.6 Å². The van der Waals surface area contributed by atoms with E-state index in [2.05, 4.69) is 24.4 Å². The molecule has 0 saturated heterocycles. The van der Waals surface area contributed by atoms with Crippen LogP contribution < -0.4 is 14.8 Å². The van der Waals surface area contributed by atoms with Crippen LogP contribution in [0, 0.1) is 5.82 Å². The largest absolute Gasteiger partial charge is 0.493 e. The number of benzene rings is 3. The number of rotatable bonds is 8. The highest BCUT2D eigenvalue weighted by Crippen LogP contribution is 2.37. The molecule has 5 heteroatoms. The van der Waals surface area contributed by atoms with Gasteiger partial charge in [-0.1, -0.05) is 60.1 Å². The summed E-state index contributed by atoms with van der Waals surface area (Å²) in [5.74, 6) is 0.619. The van der Waals surface area contributed by atoms with Gasteiger partial charge in [-0.05, 0) is 36.2 Å². The van der Waals surface area contributed by atoms with Crippen LogP contribution in [0.15, 0.2) is 66.7 Å². The number of nitrogens with one attached hydrogen (secondary N) is 1. The molecule has 0 aliphatic carbocycles. The second kappa shape index (κ2) is 9.58. The summed E-state index contributed by atoms with van der Waals surface area (Å²) in [6.45, 7) is 2.81. The fourth-order valence-corrected chi connectivity index (χ4v) is 3.20. The first-order valence-electron chi connectivity index (χ1n) is 9.09. The monoisotopic (exact) mass is 399 g/mol. The second-order valence-corrected chi connectivity index (χ2v) is 6.91. The number of ether oxygens (including phenoxy) is 2. The third kappa shape index (κ3) is 5.03.